The molecule has 3 aromatic rings. The van der Waals surface area contributed by atoms with Crippen LogP contribution in [-0.2, 0) is 41.5 Å². The molecular weight excluding hydrogens is 608 g/mol. The molecule has 2 aliphatic rings. The van der Waals surface area contributed by atoms with Gasteiger partial charge in [-0.25, -0.2) is 9.97 Å². The number of esters is 2. The topological polar surface area (TPSA) is 144 Å². The normalized spacial score (nSPS) is 12.8. The Morgan fingerprint density at radius 2 is 1.06 bits per heavy atom. The van der Waals surface area contributed by atoms with E-state index in [2.05, 4.69) is 9.97 Å². The Hall–Kier alpha value is -5.12. The number of aromatic nitrogens is 4. The number of ether oxygens (including phenoxy) is 2. The number of nitrogens with zero attached hydrogens (tertiary/aromatic N) is 2. The van der Waals surface area contributed by atoms with Crippen molar-refractivity contribution in [1.82, 2.24) is 19.9 Å². The molecular formula is C38H42N4O6. The Morgan fingerprint density at radius 1 is 0.604 bits per heavy atom. The maximum absolute atomic E-state index is 12.2. The molecule has 0 saturated carbocycles. The first-order valence-corrected chi connectivity index (χ1v) is 16.2. The lowest BCUT2D eigenvalue weighted by molar-refractivity contribution is -0.141. The molecule has 10 heteroatoms. The lowest BCUT2D eigenvalue weighted by Gasteiger charge is -2.05. The maximum Gasteiger partial charge on any atom is 0.305 e. The molecule has 0 spiro atoms. The molecule has 0 atom stereocenters. The van der Waals surface area contributed by atoms with Gasteiger partial charge in [-0.2, -0.15) is 0 Å². The fourth-order valence-electron chi connectivity index (χ4n) is 6.56. The van der Waals surface area contributed by atoms with Gasteiger partial charge in [-0.1, -0.05) is 0 Å². The number of H-pyrrole nitrogens is 2. The number of allylic oxidation sites excluding steroid dienone is 4. The minimum atomic E-state index is -0.309. The summed E-state index contributed by atoms with van der Waals surface area (Å²) in [6.45, 7) is 8.07. The summed E-state index contributed by atoms with van der Waals surface area (Å²) in [5, 5.41) is 0. The van der Waals surface area contributed by atoms with Crippen molar-refractivity contribution >= 4 is 68.9 Å². The van der Waals surface area contributed by atoms with E-state index in [1.165, 1.54) is 14.2 Å². The molecule has 0 radical (unpaired) electrons. The predicted octanol–water partition coefficient (Wildman–Crippen LogP) is 6.96. The Morgan fingerprint density at radius 3 is 1.62 bits per heavy atom. The number of aryl methyl sites for hydroxylation is 4. The Kier molecular flexibility index (Phi) is 10.5. The number of carbonyl (C=O) groups excluding carboxylic acids is 4. The van der Waals surface area contributed by atoms with Gasteiger partial charge in [0.1, 0.15) is 12.6 Å². The standard InChI is InChI=1S/C38H42N4O6/c1-21-25(9-7-15-43)33-18-31-22(2)26(10-8-16-44)34(41-31)19-32-24(4)28(12-14-38(46)48-6)36(42-32)20-35-27(11-13-37(45)47-5)23(3)30(40-35)17-29(21)39-33/h15-20,41-42H,7-14H2,1-6H3. The quantitative estimate of drug-likeness (QED) is 0.158. The molecule has 48 heavy (non-hydrogen) atoms. The van der Waals surface area contributed by atoms with Crippen molar-refractivity contribution in [3.05, 3.63) is 69.3 Å². The van der Waals surface area contributed by atoms with Gasteiger partial charge in [0, 0.05) is 47.8 Å². The molecule has 0 amide bonds. The third kappa shape index (κ3) is 6.93. The van der Waals surface area contributed by atoms with Crippen LogP contribution in [0.5, 0.6) is 0 Å². The average molecular weight is 651 g/mol. The molecule has 2 aliphatic heterocycles. The van der Waals surface area contributed by atoms with Crippen molar-refractivity contribution in [2.75, 3.05) is 14.2 Å². The second-order valence-corrected chi connectivity index (χ2v) is 12.2. The minimum Gasteiger partial charge on any atom is -0.469 e. The first kappa shape index (κ1) is 34.2. The molecule has 5 rings (SSSR count). The van der Waals surface area contributed by atoms with Gasteiger partial charge < -0.3 is 29.0 Å². The number of aromatic amines is 2. The fraction of sp³-hybridized carbons (Fsp3) is 0.368. The summed E-state index contributed by atoms with van der Waals surface area (Å²) in [6, 6.07) is 8.03. The van der Waals surface area contributed by atoms with E-state index in [0.717, 1.165) is 96.3 Å². The molecule has 0 unspecified atom stereocenters. The highest BCUT2D eigenvalue weighted by atomic mass is 16.5. The summed E-state index contributed by atoms with van der Waals surface area (Å²) in [5.74, 6) is -0.611. The molecule has 0 saturated heterocycles. The van der Waals surface area contributed by atoms with Crippen molar-refractivity contribution in [3.8, 4) is 0 Å². The average Bonchev–Trinajstić information content (AvgIpc) is 3.73. The molecule has 0 aromatic carbocycles. The van der Waals surface area contributed by atoms with Crippen LogP contribution in [0.15, 0.2) is 24.3 Å². The SMILES string of the molecule is COC(=O)CCC1=C(C)c2cc3nc(cc4[nH]c(cc5[nH]c(cc1n2)c(CCC(=O)OC)c5C)c(CCC=O)c4C)C(CCC=O)=C3C. The highest BCUT2D eigenvalue weighted by molar-refractivity contribution is 5.96. The number of aldehydes is 2. The summed E-state index contributed by atoms with van der Waals surface area (Å²) in [7, 11) is 2.76. The molecule has 5 heterocycles. The van der Waals surface area contributed by atoms with E-state index in [1.54, 1.807) is 0 Å². The predicted molar refractivity (Wildman–Crippen MR) is 187 cm³/mol. The second kappa shape index (κ2) is 14.8. The zero-order chi connectivity index (χ0) is 34.5. The molecule has 10 nitrogen and oxygen atoms in total. The van der Waals surface area contributed by atoms with Crippen LogP contribution in [0.1, 0.15) is 97.4 Å². The van der Waals surface area contributed by atoms with Gasteiger partial charge >= 0.3 is 11.9 Å². The van der Waals surface area contributed by atoms with Crippen molar-refractivity contribution in [3.63, 3.8) is 0 Å². The third-order valence-electron chi connectivity index (χ3n) is 9.44. The Balaban J connectivity index is 1.89. The lowest BCUT2D eigenvalue weighted by atomic mass is 9.99. The van der Waals surface area contributed by atoms with Gasteiger partial charge in [0.05, 0.1) is 37.0 Å². The monoisotopic (exact) mass is 650 g/mol. The number of hydrogen-bond acceptors (Lipinski definition) is 8. The summed E-state index contributed by atoms with van der Waals surface area (Å²) >= 11 is 0. The first-order chi connectivity index (χ1) is 23.1. The first-order valence-electron chi connectivity index (χ1n) is 16.2. The highest BCUT2D eigenvalue weighted by Crippen LogP contribution is 2.38. The Bertz CT molecular complexity index is 2030. The van der Waals surface area contributed by atoms with Gasteiger partial charge in [-0.15, -0.1) is 0 Å². The Labute approximate surface area is 279 Å². The number of carbonyl (C=O) groups is 4. The van der Waals surface area contributed by atoms with Crippen LogP contribution in [0.4, 0.5) is 0 Å². The van der Waals surface area contributed by atoms with E-state index >= 15 is 0 Å². The van der Waals surface area contributed by atoms with Crippen LogP contribution in [0.25, 0.3) is 44.4 Å². The van der Waals surface area contributed by atoms with Crippen LogP contribution >= 0.6 is 0 Å². The van der Waals surface area contributed by atoms with Crippen LogP contribution < -0.4 is 0 Å². The van der Waals surface area contributed by atoms with Crippen molar-refractivity contribution in [2.45, 2.75) is 79.1 Å². The van der Waals surface area contributed by atoms with Crippen molar-refractivity contribution in [1.29, 1.82) is 0 Å². The zero-order valence-electron chi connectivity index (χ0n) is 28.5. The summed E-state index contributed by atoms with van der Waals surface area (Å²) in [5.41, 5.74) is 14.2. The van der Waals surface area contributed by atoms with E-state index in [9.17, 15) is 19.2 Å². The molecule has 0 aliphatic carbocycles. The summed E-state index contributed by atoms with van der Waals surface area (Å²) < 4.78 is 9.90. The van der Waals surface area contributed by atoms with E-state index in [1.807, 2.05) is 52.0 Å². The van der Waals surface area contributed by atoms with Crippen LogP contribution in [-0.4, -0.2) is 58.7 Å². The lowest BCUT2D eigenvalue weighted by Crippen LogP contribution is -2.02. The fourth-order valence-corrected chi connectivity index (χ4v) is 6.56. The van der Waals surface area contributed by atoms with E-state index in [-0.39, 0.29) is 24.8 Å². The maximum atomic E-state index is 12.2. The van der Waals surface area contributed by atoms with Gasteiger partial charge in [0.2, 0.25) is 0 Å². The summed E-state index contributed by atoms with van der Waals surface area (Å²) in [6.07, 6.45) is 5.00. The minimum absolute atomic E-state index is 0.196. The summed E-state index contributed by atoms with van der Waals surface area (Å²) in [4.78, 5) is 64.6. The van der Waals surface area contributed by atoms with Gasteiger partial charge in [0.15, 0.2) is 0 Å². The van der Waals surface area contributed by atoms with Gasteiger partial charge in [0.25, 0.3) is 0 Å². The molecule has 0 fully saturated rings. The van der Waals surface area contributed by atoms with Crippen LogP contribution in [0.3, 0.4) is 0 Å². The molecule has 8 bridgehead atoms. The van der Waals surface area contributed by atoms with E-state index in [4.69, 9.17) is 19.4 Å². The smallest absolute Gasteiger partial charge is 0.305 e. The number of rotatable bonds is 12. The van der Waals surface area contributed by atoms with E-state index < -0.39 is 0 Å². The van der Waals surface area contributed by atoms with Crippen LogP contribution in [0.2, 0.25) is 0 Å². The number of methoxy groups -OCH3 is 2. The number of fused-ring (bicyclic) bond motifs is 8. The van der Waals surface area contributed by atoms with Gasteiger partial charge in [-0.3, -0.25) is 9.59 Å². The van der Waals surface area contributed by atoms with E-state index in [0.29, 0.717) is 44.2 Å². The highest BCUT2D eigenvalue weighted by Gasteiger charge is 2.22. The largest absolute Gasteiger partial charge is 0.469 e. The second-order valence-electron chi connectivity index (χ2n) is 12.2. The molecule has 250 valence electrons. The molecule has 3 aromatic heterocycles. The van der Waals surface area contributed by atoms with Gasteiger partial charge in [-0.05, 0) is 122 Å². The third-order valence-corrected chi connectivity index (χ3v) is 9.44. The molecule has 2 N–H and O–H groups in total. The number of nitrogens with one attached hydrogen (secondary N) is 2. The van der Waals surface area contributed by atoms with Crippen LogP contribution in [0, 0.1) is 13.8 Å². The van der Waals surface area contributed by atoms with Crippen molar-refractivity contribution < 1.29 is 28.7 Å². The van der Waals surface area contributed by atoms with Crippen molar-refractivity contribution in [2.24, 2.45) is 0 Å². The number of hydrogen-bond donors (Lipinski definition) is 2. The zero-order valence-corrected chi connectivity index (χ0v) is 28.5.